The molecule has 0 bridgehead atoms. The number of hydrogen-bond acceptors (Lipinski definition) is 22. The molecule has 0 aromatic heterocycles. The second-order valence-corrected chi connectivity index (χ2v) is 24.6. The van der Waals surface area contributed by atoms with Gasteiger partial charge in [-0.05, 0) is 88.9 Å². The van der Waals surface area contributed by atoms with Crippen molar-refractivity contribution in [1.29, 1.82) is 0 Å². The molecule has 36 atom stereocenters. The first kappa shape index (κ1) is 56.4. The largest absolute Gasteiger partial charge is 0.427 e. The summed E-state index contributed by atoms with van der Waals surface area (Å²) in [7, 11) is 0. The van der Waals surface area contributed by atoms with Crippen LogP contribution in [0.4, 0.5) is 0 Å². The first-order valence-electron chi connectivity index (χ1n) is 27.7. The van der Waals surface area contributed by atoms with Crippen molar-refractivity contribution in [1.82, 2.24) is 0 Å². The molecule has 4 heterocycles. The van der Waals surface area contributed by atoms with Crippen LogP contribution in [0.25, 0.3) is 0 Å². The van der Waals surface area contributed by atoms with E-state index in [0.29, 0.717) is 12.8 Å². The summed E-state index contributed by atoms with van der Waals surface area (Å²) in [4.78, 5) is 0. The Balaban J connectivity index is 1.04. The number of aliphatic hydroxyl groups is 20. The lowest BCUT2D eigenvalue weighted by Crippen LogP contribution is -2.72. The van der Waals surface area contributed by atoms with E-state index in [1.54, 1.807) is 0 Å². The first-order chi connectivity index (χ1) is 35.2. The predicted molar refractivity (Wildman–Crippen MR) is 249 cm³/mol. The van der Waals surface area contributed by atoms with Gasteiger partial charge >= 0.3 is 0 Å². The van der Waals surface area contributed by atoms with Crippen LogP contribution in [0.1, 0.15) is 89.9 Å². The Bertz CT molecular complexity index is 1860. The van der Waals surface area contributed by atoms with Crippen molar-refractivity contribution in [3.05, 3.63) is 0 Å². The fourth-order valence-electron chi connectivity index (χ4n) is 16.7. The minimum absolute atomic E-state index is 0.0107. The molecular formula is C51H85O23+. The van der Waals surface area contributed by atoms with E-state index in [2.05, 4.69) is 0 Å². The monoisotopic (exact) mass is 1070 g/mol. The van der Waals surface area contributed by atoms with Gasteiger partial charge in [0.1, 0.15) is 30.5 Å². The molecule has 6 aliphatic carbocycles. The highest BCUT2D eigenvalue weighted by molar-refractivity contribution is 5.14. The molecule has 4 saturated heterocycles. The van der Waals surface area contributed by atoms with Gasteiger partial charge in [0.2, 0.25) is 0 Å². The predicted octanol–water partition coefficient (Wildman–Crippen LogP) is -6.26. The summed E-state index contributed by atoms with van der Waals surface area (Å²) < 4.78 is 31.4. The third-order valence-corrected chi connectivity index (χ3v) is 20.4. The van der Waals surface area contributed by atoms with Gasteiger partial charge in [-0.1, -0.05) is 0 Å². The zero-order chi connectivity index (χ0) is 52.9. The number of hydrogen-bond donors (Lipinski definition) is 18. The van der Waals surface area contributed by atoms with Crippen LogP contribution in [0.5, 0.6) is 0 Å². The van der Waals surface area contributed by atoms with Gasteiger partial charge in [-0.3, -0.25) is 0 Å². The molecular weight excluding hydrogens is 981 g/mol. The highest BCUT2D eigenvalue weighted by Gasteiger charge is 2.68. The quantitative estimate of drug-likeness (QED) is 0.101. The Labute approximate surface area is 429 Å². The van der Waals surface area contributed by atoms with Crippen molar-refractivity contribution in [3.8, 4) is 0 Å². The lowest BCUT2D eigenvalue weighted by atomic mass is 9.52. The van der Waals surface area contributed by atoms with E-state index < -0.39 is 225 Å². The van der Waals surface area contributed by atoms with Crippen LogP contribution in [0.3, 0.4) is 0 Å². The summed E-state index contributed by atoms with van der Waals surface area (Å²) in [6, 6.07) is 0. The van der Waals surface area contributed by atoms with Crippen molar-refractivity contribution in [2.24, 2.45) is 59.2 Å². The summed E-state index contributed by atoms with van der Waals surface area (Å²) in [5.41, 5.74) is 0. The summed E-state index contributed by atoms with van der Waals surface area (Å²) in [6.45, 7) is -0.734. The highest BCUT2D eigenvalue weighted by atomic mass is 16.7. The average Bonchev–Trinajstić information content (AvgIpc) is 3.35. The van der Waals surface area contributed by atoms with E-state index in [1.807, 2.05) is 0 Å². The zero-order valence-electron chi connectivity index (χ0n) is 41.5. The lowest BCUT2D eigenvalue weighted by molar-refractivity contribution is -0.349. The Hall–Kier alpha value is -0.920. The zero-order valence-corrected chi connectivity index (χ0v) is 41.5. The molecule has 4 aliphatic heterocycles. The van der Waals surface area contributed by atoms with Crippen LogP contribution >= 0.6 is 0 Å². The molecule has 0 aromatic carbocycles. The van der Waals surface area contributed by atoms with E-state index in [-0.39, 0.29) is 77.0 Å². The molecule has 19 N–H and O–H groups in total. The molecule has 23 heteroatoms. The minimum atomic E-state index is -1.80. The van der Waals surface area contributed by atoms with Crippen molar-refractivity contribution >= 4 is 0 Å². The smallest absolute Gasteiger partial charge is 0.187 e. The lowest BCUT2D eigenvalue weighted by Gasteiger charge is -2.62. The Morgan fingerprint density at radius 1 is 0.365 bits per heavy atom. The van der Waals surface area contributed by atoms with Crippen LogP contribution in [0.2, 0.25) is 0 Å². The van der Waals surface area contributed by atoms with Gasteiger partial charge in [0.25, 0.3) is 0 Å². The maximum Gasteiger partial charge on any atom is 0.187 e. The summed E-state index contributed by atoms with van der Waals surface area (Å²) in [6.07, 6.45) is -31.6. The summed E-state index contributed by atoms with van der Waals surface area (Å²) in [5.74, 6) is -8.93. The molecule has 74 heavy (non-hydrogen) atoms. The van der Waals surface area contributed by atoms with Gasteiger partial charge in [-0.25, -0.2) is 0 Å². The summed E-state index contributed by atoms with van der Waals surface area (Å²) >= 11 is 0. The van der Waals surface area contributed by atoms with Gasteiger partial charge in [-0.15, -0.1) is 0 Å². The van der Waals surface area contributed by atoms with Gasteiger partial charge in [0.05, 0.1) is 122 Å². The van der Waals surface area contributed by atoms with Gasteiger partial charge in [0.15, 0.2) is 18.5 Å². The molecule has 6 saturated carbocycles. The Kier molecular flexibility index (Phi) is 17.2. The van der Waals surface area contributed by atoms with Crippen molar-refractivity contribution in [2.75, 3.05) is 6.61 Å². The Morgan fingerprint density at radius 2 is 0.865 bits per heavy atom. The topological polar surface area (TPSA) is 414 Å². The normalized spacial score (nSPS) is 59.4. The molecule has 36 unspecified atom stereocenters. The van der Waals surface area contributed by atoms with Crippen LogP contribution in [0, 0.1) is 59.2 Å². The second kappa shape index (κ2) is 22.6. The minimum Gasteiger partial charge on any atom is -0.427 e. The fraction of sp³-hybridized carbons (Fsp3) is 1.00. The first-order valence-corrected chi connectivity index (χ1v) is 27.7. The second-order valence-electron chi connectivity index (χ2n) is 24.6. The number of aliphatic hydroxyl groups excluding tert-OH is 18. The third kappa shape index (κ3) is 10.3. The molecule has 426 valence electrons. The maximum atomic E-state index is 13.1. The number of rotatable bonds is 8. The number of fused-ring (bicyclic) bond motifs is 3. The standard InChI is InChI=1S/C51H84O23/c52-15-34-41(65)44(68)45(69)51(72-34)71-33-12-20-24(57)13-29(62)36(49(20)73-46(33)16-1-4-21(54)25(58)7-16)40-38-31(64)14-30(63)37(50(38)74-48(43(40)67)18-3-6-23(56)27(60)9-18)39-35-28(61)10-19(53)11-32(35)70-47(42(39)66)17-2-5-22(55)26(59)8-17/h16-69H,1-15H2/p+1. The third-order valence-electron chi connectivity index (χ3n) is 20.4. The molecule has 10 aliphatic rings. The van der Waals surface area contributed by atoms with Gasteiger partial charge in [0, 0.05) is 54.3 Å². The average molecular weight is 1070 g/mol. The van der Waals surface area contributed by atoms with Gasteiger partial charge in [-0.2, -0.15) is 0 Å². The van der Waals surface area contributed by atoms with E-state index in [0.717, 1.165) is 0 Å². The molecule has 0 spiro atoms. The molecule has 0 aromatic rings. The SMILES string of the molecule is OCC1OC(OC2CC3C(O)CC(O)C(C4C(O)C(C5CCC(O)C(O)C5)OC5C(C6C(O)C(C7CCC(O)C(O)C7)[OH+]C7CC(O)CC(O)C76)C(O)CC(O)C54)C3OC2C2CCC(O)C(O)C2)C(O)C(O)C1O. The van der Waals surface area contributed by atoms with Crippen LogP contribution < -0.4 is 0 Å². The van der Waals surface area contributed by atoms with Crippen molar-refractivity contribution in [2.45, 2.75) is 249 Å². The Morgan fingerprint density at radius 3 is 1.45 bits per heavy atom. The maximum absolute atomic E-state index is 13.1. The van der Waals surface area contributed by atoms with Crippen LogP contribution in [0.15, 0.2) is 0 Å². The molecule has 0 amide bonds. The summed E-state index contributed by atoms with van der Waals surface area (Å²) in [5, 5.41) is 205. The fourth-order valence-corrected chi connectivity index (χ4v) is 16.7. The molecule has 10 rings (SSSR count). The van der Waals surface area contributed by atoms with E-state index in [4.69, 9.17) is 23.7 Å². The molecule has 23 nitrogen and oxygen atoms in total. The molecule has 10 fully saturated rings. The molecule has 0 radical (unpaired) electrons. The van der Waals surface area contributed by atoms with E-state index >= 15 is 0 Å². The van der Waals surface area contributed by atoms with Gasteiger partial charge < -0.3 is 116 Å². The number of ether oxygens (including phenoxy) is 5. The van der Waals surface area contributed by atoms with E-state index in [1.165, 1.54) is 0 Å². The van der Waals surface area contributed by atoms with E-state index in [9.17, 15) is 91.9 Å². The van der Waals surface area contributed by atoms with Crippen molar-refractivity contribution in [3.63, 3.8) is 0 Å². The van der Waals surface area contributed by atoms with Crippen LogP contribution in [-0.4, -0.2) is 262 Å². The van der Waals surface area contributed by atoms with Crippen molar-refractivity contribution < 1.29 is 116 Å². The van der Waals surface area contributed by atoms with Crippen LogP contribution in [-0.2, 0) is 18.9 Å². The highest BCUT2D eigenvalue weighted by Crippen LogP contribution is 2.58.